The average molecular weight is 319 g/mol. The maximum absolute atomic E-state index is 12.5. The zero-order valence-electron chi connectivity index (χ0n) is 13.0. The molecule has 0 saturated carbocycles. The Morgan fingerprint density at radius 1 is 1.09 bits per heavy atom. The highest BCUT2D eigenvalue weighted by Gasteiger charge is 2.16. The normalized spacial score (nSPS) is 12.7. The van der Waals surface area contributed by atoms with Gasteiger partial charge in [-0.1, -0.05) is 38.1 Å². The van der Waals surface area contributed by atoms with E-state index in [1.54, 1.807) is 36.4 Å². The molecular formula is C17H21NO3S. The lowest BCUT2D eigenvalue weighted by Gasteiger charge is -2.13. The van der Waals surface area contributed by atoms with Gasteiger partial charge in [0.2, 0.25) is 0 Å². The van der Waals surface area contributed by atoms with E-state index in [4.69, 9.17) is 4.74 Å². The van der Waals surface area contributed by atoms with Gasteiger partial charge in [0.05, 0.1) is 17.7 Å². The highest BCUT2D eigenvalue weighted by Crippen LogP contribution is 2.27. The van der Waals surface area contributed by atoms with Crippen LogP contribution in [0, 0.1) is 0 Å². The molecular weight excluding hydrogens is 298 g/mol. The molecule has 118 valence electrons. The van der Waals surface area contributed by atoms with Gasteiger partial charge in [-0.25, -0.2) is 8.42 Å². The molecule has 5 heteroatoms. The van der Waals surface area contributed by atoms with Crippen molar-refractivity contribution >= 4 is 15.7 Å². The summed E-state index contributed by atoms with van der Waals surface area (Å²) in [4.78, 5) is 0.241. The number of anilines is 1. The van der Waals surface area contributed by atoms with E-state index < -0.39 is 10.0 Å². The van der Waals surface area contributed by atoms with Crippen molar-refractivity contribution in [2.45, 2.75) is 31.1 Å². The van der Waals surface area contributed by atoms with Crippen LogP contribution in [0.15, 0.2) is 53.4 Å². The van der Waals surface area contributed by atoms with Crippen LogP contribution >= 0.6 is 0 Å². The van der Waals surface area contributed by atoms with Gasteiger partial charge >= 0.3 is 0 Å². The Kier molecular flexibility index (Phi) is 5.08. The van der Waals surface area contributed by atoms with Crippen LogP contribution in [-0.4, -0.2) is 15.5 Å². The fourth-order valence-electron chi connectivity index (χ4n) is 2.14. The molecule has 0 fully saturated rings. The van der Waals surface area contributed by atoms with Gasteiger partial charge in [-0.2, -0.15) is 0 Å². The Labute approximate surface area is 132 Å². The van der Waals surface area contributed by atoms with E-state index in [1.165, 1.54) is 7.11 Å². The van der Waals surface area contributed by atoms with E-state index in [-0.39, 0.29) is 4.90 Å². The Balaban J connectivity index is 2.27. The largest absolute Gasteiger partial charge is 0.495 e. The number of para-hydroxylation sites is 2. The van der Waals surface area contributed by atoms with Crippen LogP contribution in [0.25, 0.3) is 0 Å². The minimum Gasteiger partial charge on any atom is -0.495 e. The summed E-state index contributed by atoms with van der Waals surface area (Å²) in [6.45, 7) is 4.23. The van der Waals surface area contributed by atoms with E-state index in [1.807, 2.05) is 12.1 Å². The lowest BCUT2D eigenvalue weighted by Crippen LogP contribution is -2.13. The maximum atomic E-state index is 12.5. The monoisotopic (exact) mass is 319 g/mol. The summed E-state index contributed by atoms with van der Waals surface area (Å²) < 4.78 is 32.6. The Morgan fingerprint density at radius 2 is 1.73 bits per heavy atom. The third-order valence-corrected chi connectivity index (χ3v) is 5.10. The molecule has 2 aromatic rings. The first-order valence-corrected chi connectivity index (χ1v) is 8.72. The first-order chi connectivity index (χ1) is 10.5. The second kappa shape index (κ2) is 6.83. The summed E-state index contributed by atoms with van der Waals surface area (Å²) >= 11 is 0. The molecule has 2 aromatic carbocycles. The number of methoxy groups -OCH3 is 1. The van der Waals surface area contributed by atoms with Crippen LogP contribution in [0.4, 0.5) is 5.69 Å². The SMILES string of the molecule is CC[C@@H](C)c1ccc(S(=O)(=O)Nc2ccccc2OC)cc1. The van der Waals surface area contributed by atoms with Crippen LogP contribution in [0.2, 0.25) is 0 Å². The summed E-state index contributed by atoms with van der Waals surface area (Å²) in [5.74, 6) is 0.904. The number of hydrogen-bond acceptors (Lipinski definition) is 3. The van der Waals surface area contributed by atoms with E-state index >= 15 is 0 Å². The van der Waals surface area contributed by atoms with Gasteiger partial charge in [-0.3, -0.25) is 4.72 Å². The molecule has 0 saturated heterocycles. The van der Waals surface area contributed by atoms with E-state index in [9.17, 15) is 8.42 Å². The van der Waals surface area contributed by atoms with Crippen molar-refractivity contribution in [3.05, 3.63) is 54.1 Å². The molecule has 0 aliphatic heterocycles. The van der Waals surface area contributed by atoms with Crippen molar-refractivity contribution in [2.75, 3.05) is 11.8 Å². The average Bonchev–Trinajstić information content (AvgIpc) is 2.54. The molecule has 0 bridgehead atoms. The summed E-state index contributed by atoms with van der Waals surface area (Å²) in [6.07, 6.45) is 1.02. The predicted octanol–water partition coefficient (Wildman–Crippen LogP) is 4.01. The van der Waals surface area contributed by atoms with E-state index in [2.05, 4.69) is 18.6 Å². The highest BCUT2D eigenvalue weighted by atomic mass is 32.2. The minimum absolute atomic E-state index is 0.241. The number of ether oxygens (including phenoxy) is 1. The van der Waals surface area contributed by atoms with Crippen LogP contribution < -0.4 is 9.46 Å². The molecule has 22 heavy (non-hydrogen) atoms. The molecule has 0 amide bonds. The van der Waals surface area contributed by atoms with Crippen LogP contribution in [0.5, 0.6) is 5.75 Å². The van der Waals surface area contributed by atoms with Gasteiger partial charge in [-0.15, -0.1) is 0 Å². The van der Waals surface area contributed by atoms with Gasteiger partial charge in [0.25, 0.3) is 10.0 Å². The zero-order valence-corrected chi connectivity index (χ0v) is 13.9. The van der Waals surface area contributed by atoms with Crippen LogP contribution in [0.3, 0.4) is 0 Å². The summed E-state index contributed by atoms with van der Waals surface area (Å²) in [6, 6.07) is 13.9. The number of hydrogen-bond donors (Lipinski definition) is 1. The Hall–Kier alpha value is -2.01. The Bertz CT molecular complexity index is 724. The van der Waals surface area contributed by atoms with Crippen molar-refractivity contribution in [3.8, 4) is 5.75 Å². The Morgan fingerprint density at radius 3 is 2.32 bits per heavy atom. The van der Waals surface area contributed by atoms with Crippen molar-refractivity contribution in [2.24, 2.45) is 0 Å². The van der Waals surface area contributed by atoms with Crippen molar-refractivity contribution in [1.29, 1.82) is 0 Å². The fourth-order valence-corrected chi connectivity index (χ4v) is 3.21. The maximum Gasteiger partial charge on any atom is 0.262 e. The van der Waals surface area contributed by atoms with Crippen LogP contribution in [0.1, 0.15) is 31.7 Å². The predicted molar refractivity (Wildman–Crippen MR) is 89.0 cm³/mol. The highest BCUT2D eigenvalue weighted by molar-refractivity contribution is 7.92. The van der Waals surface area contributed by atoms with Crippen molar-refractivity contribution < 1.29 is 13.2 Å². The zero-order chi connectivity index (χ0) is 16.2. The second-order valence-corrected chi connectivity index (χ2v) is 6.87. The lowest BCUT2D eigenvalue weighted by molar-refractivity contribution is 0.417. The molecule has 1 N–H and O–H groups in total. The third-order valence-electron chi connectivity index (χ3n) is 3.72. The molecule has 4 nitrogen and oxygen atoms in total. The topological polar surface area (TPSA) is 55.4 Å². The standard InChI is InChI=1S/C17H21NO3S/c1-4-13(2)14-9-11-15(12-10-14)22(19,20)18-16-7-5-6-8-17(16)21-3/h5-13,18H,4H2,1-3H3/t13-/m1/s1. The summed E-state index contributed by atoms with van der Waals surface area (Å²) in [5.41, 5.74) is 1.56. The third kappa shape index (κ3) is 3.60. The molecule has 0 radical (unpaired) electrons. The van der Waals surface area contributed by atoms with Gasteiger partial charge < -0.3 is 4.74 Å². The minimum atomic E-state index is -3.63. The van der Waals surface area contributed by atoms with Crippen LogP contribution in [-0.2, 0) is 10.0 Å². The molecule has 1 atom stereocenters. The van der Waals surface area contributed by atoms with E-state index in [0.29, 0.717) is 17.4 Å². The fraction of sp³-hybridized carbons (Fsp3) is 0.294. The number of sulfonamides is 1. The molecule has 2 rings (SSSR count). The van der Waals surface area contributed by atoms with E-state index in [0.717, 1.165) is 12.0 Å². The van der Waals surface area contributed by atoms with Crippen molar-refractivity contribution in [1.82, 2.24) is 0 Å². The quantitative estimate of drug-likeness (QED) is 0.875. The molecule has 0 aliphatic carbocycles. The second-order valence-electron chi connectivity index (χ2n) is 5.18. The molecule has 0 aromatic heterocycles. The summed E-state index contributed by atoms with van der Waals surface area (Å²) in [5, 5.41) is 0. The first-order valence-electron chi connectivity index (χ1n) is 7.23. The molecule has 0 spiro atoms. The van der Waals surface area contributed by atoms with Crippen molar-refractivity contribution in [3.63, 3.8) is 0 Å². The molecule has 0 aliphatic rings. The van der Waals surface area contributed by atoms with Gasteiger partial charge in [0.15, 0.2) is 0 Å². The first kappa shape index (κ1) is 16.4. The lowest BCUT2D eigenvalue weighted by atomic mass is 9.99. The van der Waals surface area contributed by atoms with Gasteiger partial charge in [-0.05, 0) is 42.2 Å². The van der Waals surface area contributed by atoms with Gasteiger partial charge in [0, 0.05) is 0 Å². The summed E-state index contributed by atoms with van der Waals surface area (Å²) in [7, 11) is -2.12. The smallest absolute Gasteiger partial charge is 0.262 e. The van der Waals surface area contributed by atoms with Gasteiger partial charge in [0.1, 0.15) is 5.75 Å². The molecule has 0 heterocycles. The number of benzene rings is 2. The number of rotatable bonds is 6. The molecule has 0 unspecified atom stereocenters. The number of nitrogens with one attached hydrogen (secondary N) is 1.